The van der Waals surface area contributed by atoms with Crippen LogP contribution in [0.1, 0.15) is 25.3 Å². The van der Waals surface area contributed by atoms with Crippen LogP contribution in [0.3, 0.4) is 0 Å². The van der Waals surface area contributed by atoms with Gasteiger partial charge in [0, 0.05) is 25.0 Å². The largest absolute Gasteiger partial charge is 0.356 e. The molecule has 0 radical (unpaired) electrons. The zero-order chi connectivity index (χ0) is 20.5. The number of nitrogens with zero attached hydrogens (tertiary/aromatic N) is 5. The van der Waals surface area contributed by atoms with Gasteiger partial charge in [-0.3, -0.25) is 4.79 Å². The summed E-state index contributed by atoms with van der Waals surface area (Å²) in [5.74, 6) is 0.748. The van der Waals surface area contributed by atoms with Crippen molar-refractivity contribution in [3.63, 3.8) is 0 Å². The van der Waals surface area contributed by atoms with Crippen molar-refractivity contribution in [2.75, 3.05) is 23.3 Å². The lowest BCUT2D eigenvalue weighted by Gasteiger charge is -2.31. The van der Waals surface area contributed by atoms with E-state index in [1.165, 1.54) is 16.9 Å². The summed E-state index contributed by atoms with van der Waals surface area (Å²) in [6.45, 7) is 5.41. The number of rotatable bonds is 4. The molecule has 1 aliphatic heterocycles. The van der Waals surface area contributed by atoms with E-state index < -0.39 is 17.4 Å². The molecule has 29 heavy (non-hydrogen) atoms. The lowest BCUT2D eigenvalue weighted by molar-refractivity contribution is -0.117. The third-order valence-corrected chi connectivity index (χ3v) is 5.17. The van der Waals surface area contributed by atoms with Crippen LogP contribution >= 0.6 is 0 Å². The van der Waals surface area contributed by atoms with Crippen LogP contribution in [-0.2, 0) is 11.3 Å². The van der Waals surface area contributed by atoms with Crippen molar-refractivity contribution in [1.29, 1.82) is 0 Å². The van der Waals surface area contributed by atoms with Crippen molar-refractivity contribution < 1.29 is 9.18 Å². The number of hydrogen-bond acceptors (Lipinski definition) is 5. The van der Waals surface area contributed by atoms with E-state index in [9.17, 15) is 14.0 Å². The SMILES string of the molecule is Cc1ccc(NC(=O)Cn2nc3nc(N4CCC[C@@H](C)C4)ccn3c2=O)cc1F. The molecule has 1 aliphatic rings. The summed E-state index contributed by atoms with van der Waals surface area (Å²) in [6, 6.07) is 6.23. The van der Waals surface area contributed by atoms with Crippen LogP contribution in [0, 0.1) is 18.7 Å². The number of carbonyl (C=O) groups excluding carboxylic acids is 1. The zero-order valence-corrected chi connectivity index (χ0v) is 16.4. The van der Waals surface area contributed by atoms with Gasteiger partial charge in [-0.15, -0.1) is 5.10 Å². The Hall–Kier alpha value is -3.23. The molecule has 8 nitrogen and oxygen atoms in total. The molecular formula is C20H23FN6O2. The van der Waals surface area contributed by atoms with E-state index in [1.807, 2.05) is 0 Å². The number of fused-ring (bicyclic) bond motifs is 1. The molecule has 1 aromatic carbocycles. The minimum atomic E-state index is -0.469. The number of anilines is 2. The molecule has 0 unspecified atom stereocenters. The van der Waals surface area contributed by atoms with E-state index in [-0.39, 0.29) is 12.3 Å². The summed E-state index contributed by atoms with van der Waals surface area (Å²) in [7, 11) is 0. The molecule has 0 spiro atoms. The highest BCUT2D eigenvalue weighted by Gasteiger charge is 2.19. The molecule has 152 valence electrons. The molecule has 9 heteroatoms. The third-order valence-electron chi connectivity index (χ3n) is 5.17. The maximum atomic E-state index is 13.6. The maximum Gasteiger partial charge on any atom is 0.352 e. The average Bonchev–Trinajstić information content (AvgIpc) is 2.99. The van der Waals surface area contributed by atoms with Gasteiger partial charge in [0.2, 0.25) is 5.91 Å². The molecule has 0 saturated carbocycles. The second-order valence-electron chi connectivity index (χ2n) is 7.60. The van der Waals surface area contributed by atoms with Gasteiger partial charge in [-0.05, 0) is 49.4 Å². The van der Waals surface area contributed by atoms with Gasteiger partial charge in [0.05, 0.1) is 0 Å². The lowest BCUT2D eigenvalue weighted by Crippen LogP contribution is -2.34. The van der Waals surface area contributed by atoms with Gasteiger partial charge in [0.15, 0.2) is 0 Å². The molecule has 0 bridgehead atoms. The maximum absolute atomic E-state index is 13.6. The van der Waals surface area contributed by atoms with E-state index in [0.717, 1.165) is 30.0 Å². The Morgan fingerprint density at radius 1 is 1.34 bits per heavy atom. The lowest BCUT2D eigenvalue weighted by atomic mass is 10.0. The first-order valence-corrected chi connectivity index (χ1v) is 9.68. The van der Waals surface area contributed by atoms with Crippen LogP contribution in [-0.4, -0.2) is 38.2 Å². The van der Waals surface area contributed by atoms with E-state index >= 15 is 0 Å². The summed E-state index contributed by atoms with van der Waals surface area (Å²) in [4.78, 5) is 31.5. The highest BCUT2D eigenvalue weighted by atomic mass is 19.1. The number of piperidine rings is 1. The number of nitrogens with one attached hydrogen (secondary N) is 1. The number of aromatic nitrogens is 4. The summed E-state index contributed by atoms with van der Waals surface area (Å²) in [5, 5.41) is 6.78. The molecule has 2 aromatic heterocycles. The fourth-order valence-electron chi connectivity index (χ4n) is 3.58. The van der Waals surface area contributed by atoms with E-state index in [0.29, 0.717) is 17.2 Å². The Morgan fingerprint density at radius 2 is 2.17 bits per heavy atom. The summed E-state index contributed by atoms with van der Waals surface area (Å²) in [5.41, 5.74) is 0.371. The molecule has 1 amide bonds. The second kappa shape index (κ2) is 7.65. The Kier molecular flexibility index (Phi) is 5.04. The molecule has 1 fully saturated rings. The standard InChI is InChI=1S/C20H23FN6O2/c1-13-4-3-8-25(11-13)17-7-9-26-19(23-17)24-27(20(26)29)12-18(28)22-15-6-5-14(2)16(21)10-15/h5-7,9-10,13H,3-4,8,11-12H2,1-2H3,(H,22,28)/t13-/m1/s1. The van der Waals surface area contributed by atoms with Crippen LogP contribution < -0.4 is 15.9 Å². The van der Waals surface area contributed by atoms with Crippen LogP contribution in [0.15, 0.2) is 35.3 Å². The summed E-state index contributed by atoms with van der Waals surface area (Å²) in [6.07, 6.45) is 3.94. The topological polar surface area (TPSA) is 84.5 Å². The van der Waals surface area contributed by atoms with E-state index in [1.54, 1.807) is 31.3 Å². The smallest absolute Gasteiger partial charge is 0.352 e. The van der Waals surface area contributed by atoms with Gasteiger partial charge < -0.3 is 10.2 Å². The fourth-order valence-corrected chi connectivity index (χ4v) is 3.58. The van der Waals surface area contributed by atoms with E-state index in [2.05, 4.69) is 27.2 Å². The first-order valence-electron chi connectivity index (χ1n) is 9.68. The van der Waals surface area contributed by atoms with Crippen molar-refractivity contribution in [1.82, 2.24) is 19.2 Å². The second-order valence-corrected chi connectivity index (χ2v) is 7.60. The van der Waals surface area contributed by atoms with Gasteiger partial charge in [0.25, 0.3) is 5.78 Å². The van der Waals surface area contributed by atoms with Gasteiger partial charge in [-0.1, -0.05) is 13.0 Å². The van der Waals surface area contributed by atoms with Gasteiger partial charge >= 0.3 is 5.69 Å². The van der Waals surface area contributed by atoms with Gasteiger partial charge in [-0.25, -0.2) is 18.3 Å². The highest BCUT2D eigenvalue weighted by Crippen LogP contribution is 2.21. The van der Waals surface area contributed by atoms with Crippen LogP contribution in [0.4, 0.5) is 15.9 Å². The predicted molar refractivity (Wildman–Crippen MR) is 108 cm³/mol. The van der Waals surface area contributed by atoms with Crippen molar-refractivity contribution in [2.45, 2.75) is 33.2 Å². The Bertz CT molecular complexity index is 1120. The van der Waals surface area contributed by atoms with Crippen LogP contribution in [0.25, 0.3) is 5.78 Å². The first-order chi connectivity index (χ1) is 13.9. The Labute approximate surface area is 167 Å². The average molecular weight is 398 g/mol. The minimum Gasteiger partial charge on any atom is -0.356 e. The quantitative estimate of drug-likeness (QED) is 0.728. The zero-order valence-electron chi connectivity index (χ0n) is 16.4. The van der Waals surface area contributed by atoms with Crippen LogP contribution in [0.2, 0.25) is 0 Å². The molecule has 1 atom stereocenters. The number of aryl methyl sites for hydroxylation is 1. The van der Waals surface area contributed by atoms with Crippen LogP contribution in [0.5, 0.6) is 0 Å². The summed E-state index contributed by atoms with van der Waals surface area (Å²) < 4.78 is 16.0. The summed E-state index contributed by atoms with van der Waals surface area (Å²) >= 11 is 0. The highest BCUT2D eigenvalue weighted by molar-refractivity contribution is 5.90. The normalized spacial score (nSPS) is 16.9. The predicted octanol–water partition coefficient (Wildman–Crippen LogP) is 2.21. The number of carbonyl (C=O) groups is 1. The molecule has 3 heterocycles. The molecule has 0 aliphatic carbocycles. The van der Waals surface area contributed by atoms with Crippen molar-refractivity contribution in [3.8, 4) is 0 Å². The van der Waals surface area contributed by atoms with Crippen molar-refractivity contribution >= 4 is 23.2 Å². The minimum absolute atomic E-state index is 0.250. The monoisotopic (exact) mass is 398 g/mol. The van der Waals surface area contributed by atoms with Crippen molar-refractivity contribution in [3.05, 3.63) is 52.3 Å². The number of amides is 1. The molecule has 4 rings (SSSR count). The van der Waals surface area contributed by atoms with E-state index in [4.69, 9.17) is 0 Å². The molecule has 1 N–H and O–H groups in total. The number of halogens is 1. The Morgan fingerprint density at radius 3 is 2.93 bits per heavy atom. The molecule has 3 aromatic rings. The van der Waals surface area contributed by atoms with Gasteiger partial charge in [-0.2, -0.15) is 4.98 Å². The Balaban J connectivity index is 1.53. The first kappa shape index (κ1) is 19.1. The molecular weight excluding hydrogens is 375 g/mol. The number of benzene rings is 1. The fraction of sp³-hybridized carbons (Fsp3) is 0.400. The van der Waals surface area contributed by atoms with Gasteiger partial charge in [0.1, 0.15) is 18.2 Å². The van der Waals surface area contributed by atoms with Crippen molar-refractivity contribution in [2.24, 2.45) is 5.92 Å². The third kappa shape index (κ3) is 3.98. The molecule has 1 saturated heterocycles. The number of hydrogen-bond donors (Lipinski definition) is 1.